The maximum absolute atomic E-state index is 13.1. The molecule has 1 aromatic carbocycles. The van der Waals surface area contributed by atoms with E-state index in [0.717, 1.165) is 39.3 Å². The molecule has 4 bridgehead atoms. The van der Waals surface area contributed by atoms with Gasteiger partial charge in [0.2, 0.25) is 0 Å². The van der Waals surface area contributed by atoms with Crippen LogP contribution in [-0.4, -0.2) is 54.9 Å². The first-order valence-electron chi connectivity index (χ1n) is 7.18. The summed E-state index contributed by atoms with van der Waals surface area (Å²) in [5, 5.41) is 0. The van der Waals surface area contributed by atoms with Gasteiger partial charge in [-0.15, -0.1) is 0 Å². The Hall–Kier alpha value is -1.19. The number of rotatable bonds is 1. The van der Waals surface area contributed by atoms with Gasteiger partial charge in [0.15, 0.2) is 5.78 Å². The van der Waals surface area contributed by atoms with E-state index >= 15 is 0 Å². The van der Waals surface area contributed by atoms with Crippen molar-refractivity contribution in [1.29, 1.82) is 0 Å². The molecule has 0 aliphatic carbocycles. The van der Waals surface area contributed by atoms with Gasteiger partial charge in [0.1, 0.15) is 0 Å². The molecule has 4 heterocycles. The summed E-state index contributed by atoms with van der Waals surface area (Å²) in [7, 11) is 0. The lowest BCUT2D eigenvalue weighted by Crippen LogP contribution is -2.68. The van der Waals surface area contributed by atoms with E-state index < -0.39 is 0 Å². The third-order valence-corrected chi connectivity index (χ3v) is 5.17. The summed E-state index contributed by atoms with van der Waals surface area (Å²) in [5.74, 6) is 0.473. The second-order valence-electron chi connectivity index (χ2n) is 6.76. The van der Waals surface area contributed by atoms with Crippen LogP contribution in [0.25, 0.3) is 0 Å². The van der Waals surface area contributed by atoms with E-state index in [4.69, 9.17) is 0 Å². The Balaban J connectivity index is 1.89. The number of carbonyl (C=O) groups is 1. The van der Waals surface area contributed by atoms with Crippen LogP contribution in [0.15, 0.2) is 30.3 Å². The summed E-state index contributed by atoms with van der Waals surface area (Å²) in [6, 6.07) is 10.4. The molecular formula is C16H20N2O. The van der Waals surface area contributed by atoms with E-state index in [1.165, 1.54) is 5.56 Å². The standard InChI is InChI=1S/C16H20N2O/c1-15-9-17-7-8-18(10-15)12-16(11-17,14(15)19)13-5-3-2-4-6-13/h2-6H,7-12H2,1H3. The Morgan fingerprint density at radius 3 is 2.11 bits per heavy atom. The molecule has 0 spiro atoms. The number of Topliss-reactive ketones (excluding diaryl/α,β-unsaturated/α-hetero) is 1. The highest BCUT2D eigenvalue weighted by Gasteiger charge is 2.59. The Morgan fingerprint density at radius 1 is 0.947 bits per heavy atom. The maximum Gasteiger partial charge on any atom is 0.154 e. The van der Waals surface area contributed by atoms with Gasteiger partial charge >= 0.3 is 0 Å². The Kier molecular flexibility index (Phi) is 2.25. The van der Waals surface area contributed by atoms with E-state index in [1.807, 2.05) is 6.07 Å². The number of fused-ring (bicyclic) bond motifs is 1. The number of hydrogen-bond donors (Lipinski definition) is 0. The molecule has 4 aliphatic heterocycles. The van der Waals surface area contributed by atoms with Crippen molar-refractivity contribution in [2.24, 2.45) is 5.41 Å². The number of nitrogens with zero attached hydrogens (tertiary/aromatic N) is 2. The molecule has 0 radical (unpaired) electrons. The van der Waals surface area contributed by atoms with Crippen molar-refractivity contribution in [3.63, 3.8) is 0 Å². The number of carbonyl (C=O) groups excluding carboxylic acids is 1. The van der Waals surface area contributed by atoms with E-state index in [9.17, 15) is 4.79 Å². The summed E-state index contributed by atoms with van der Waals surface area (Å²) in [5.41, 5.74) is 0.744. The molecule has 0 amide bonds. The third kappa shape index (κ3) is 1.49. The van der Waals surface area contributed by atoms with E-state index in [1.54, 1.807) is 0 Å². The lowest BCUT2D eigenvalue weighted by Gasteiger charge is -2.53. The summed E-state index contributed by atoms with van der Waals surface area (Å²) < 4.78 is 0. The zero-order valence-corrected chi connectivity index (χ0v) is 11.4. The van der Waals surface area contributed by atoms with Gasteiger partial charge in [-0.05, 0) is 5.56 Å². The van der Waals surface area contributed by atoms with Gasteiger partial charge in [0, 0.05) is 39.3 Å². The predicted molar refractivity (Wildman–Crippen MR) is 74.1 cm³/mol. The second kappa shape index (κ2) is 3.68. The highest BCUT2D eigenvalue weighted by Crippen LogP contribution is 2.45. The molecule has 2 unspecified atom stereocenters. The number of benzene rings is 1. The van der Waals surface area contributed by atoms with Crippen molar-refractivity contribution < 1.29 is 4.79 Å². The van der Waals surface area contributed by atoms with Gasteiger partial charge in [0.25, 0.3) is 0 Å². The fourth-order valence-electron chi connectivity index (χ4n) is 4.50. The smallest absolute Gasteiger partial charge is 0.154 e. The van der Waals surface area contributed by atoms with Crippen LogP contribution < -0.4 is 0 Å². The van der Waals surface area contributed by atoms with Crippen molar-refractivity contribution >= 4 is 5.78 Å². The average molecular weight is 256 g/mol. The SMILES string of the molecule is CC12CN3CCN(C1)CC(c1ccccc1)(C3)C2=O. The van der Waals surface area contributed by atoms with Crippen LogP contribution >= 0.6 is 0 Å². The molecule has 2 atom stereocenters. The van der Waals surface area contributed by atoms with Gasteiger partial charge in [-0.1, -0.05) is 37.3 Å². The Bertz CT molecular complexity index is 509. The first kappa shape index (κ1) is 11.6. The quantitative estimate of drug-likeness (QED) is 0.753. The van der Waals surface area contributed by atoms with E-state index in [0.29, 0.717) is 5.78 Å². The van der Waals surface area contributed by atoms with Crippen LogP contribution in [-0.2, 0) is 10.2 Å². The maximum atomic E-state index is 13.1. The number of ketones is 1. The van der Waals surface area contributed by atoms with Crippen molar-refractivity contribution in [2.75, 3.05) is 39.3 Å². The Morgan fingerprint density at radius 2 is 1.53 bits per heavy atom. The summed E-state index contributed by atoms with van der Waals surface area (Å²) in [6.07, 6.45) is 0. The van der Waals surface area contributed by atoms with Crippen LogP contribution in [0.5, 0.6) is 0 Å². The van der Waals surface area contributed by atoms with Crippen molar-refractivity contribution in [2.45, 2.75) is 12.3 Å². The second-order valence-corrected chi connectivity index (χ2v) is 6.76. The van der Waals surface area contributed by atoms with Crippen LogP contribution in [0.1, 0.15) is 12.5 Å². The van der Waals surface area contributed by atoms with Gasteiger partial charge in [-0.3, -0.25) is 14.6 Å². The van der Waals surface area contributed by atoms with Crippen molar-refractivity contribution in [1.82, 2.24) is 9.80 Å². The minimum atomic E-state index is -0.289. The molecule has 0 saturated carbocycles. The Labute approximate surface area is 114 Å². The minimum absolute atomic E-state index is 0.178. The largest absolute Gasteiger partial charge is 0.300 e. The topological polar surface area (TPSA) is 23.6 Å². The van der Waals surface area contributed by atoms with Crippen LogP contribution in [0, 0.1) is 5.41 Å². The molecule has 3 nitrogen and oxygen atoms in total. The minimum Gasteiger partial charge on any atom is -0.300 e. The van der Waals surface area contributed by atoms with Gasteiger partial charge in [-0.2, -0.15) is 0 Å². The molecule has 4 aliphatic rings. The summed E-state index contributed by atoms with van der Waals surface area (Å²) >= 11 is 0. The van der Waals surface area contributed by atoms with Crippen molar-refractivity contribution in [3.05, 3.63) is 35.9 Å². The predicted octanol–water partition coefficient (Wildman–Crippen LogP) is 1.14. The first-order valence-corrected chi connectivity index (χ1v) is 7.18. The molecule has 1 aromatic rings. The monoisotopic (exact) mass is 256 g/mol. The highest BCUT2D eigenvalue weighted by atomic mass is 16.1. The van der Waals surface area contributed by atoms with Crippen molar-refractivity contribution in [3.8, 4) is 0 Å². The first-order chi connectivity index (χ1) is 9.12. The van der Waals surface area contributed by atoms with E-state index in [-0.39, 0.29) is 10.8 Å². The fraction of sp³-hybridized carbons (Fsp3) is 0.562. The summed E-state index contributed by atoms with van der Waals surface area (Å²) in [4.78, 5) is 18.1. The van der Waals surface area contributed by atoms with E-state index in [2.05, 4.69) is 41.0 Å². The fourth-order valence-corrected chi connectivity index (χ4v) is 4.50. The lowest BCUT2D eigenvalue weighted by atomic mass is 9.61. The molecule has 0 aromatic heterocycles. The third-order valence-electron chi connectivity index (χ3n) is 5.17. The molecule has 4 saturated heterocycles. The van der Waals surface area contributed by atoms with Gasteiger partial charge in [-0.25, -0.2) is 0 Å². The zero-order chi connectivity index (χ0) is 13.1. The highest BCUT2D eigenvalue weighted by molar-refractivity contribution is 5.97. The number of piperidine rings is 2. The number of hydrogen-bond acceptors (Lipinski definition) is 3. The molecule has 0 N–H and O–H groups in total. The van der Waals surface area contributed by atoms with Gasteiger partial charge in [0.05, 0.1) is 10.8 Å². The molecule has 5 rings (SSSR count). The zero-order valence-electron chi connectivity index (χ0n) is 11.4. The molecule has 100 valence electrons. The van der Waals surface area contributed by atoms with Crippen LogP contribution in [0.4, 0.5) is 0 Å². The molecule has 3 heteroatoms. The van der Waals surface area contributed by atoms with Crippen LogP contribution in [0.2, 0.25) is 0 Å². The molecule has 19 heavy (non-hydrogen) atoms. The van der Waals surface area contributed by atoms with Gasteiger partial charge < -0.3 is 0 Å². The average Bonchev–Trinajstić information content (AvgIpc) is 2.64. The normalized spacial score (nSPS) is 44.4. The molecule has 4 fully saturated rings. The molecular weight excluding hydrogens is 236 g/mol. The van der Waals surface area contributed by atoms with Crippen LogP contribution in [0.3, 0.4) is 0 Å². The summed E-state index contributed by atoms with van der Waals surface area (Å²) in [6.45, 7) is 8.07. The lowest BCUT2D eigenvalue weighted by molar-refractivity contribution is -0.146.